The van der Waals surface area contributed by atoms with Crippen LogP contribution in [0.2, 0.25) is 0 Å². The number of likely N-dealkylation sites (tertiary alicyclic amines) is 1. The molecule has 1 rings (SSSR count). The molecule has 98 valence electrons. The van der Waals surface area contributed by atoms with Gasteiger partial charge in [-0.3, -0.25) is 14.5 Å². The molecule has 1 saturated heterocycles. The van der Waals surface area contributed by atoms with Crippen LogP contribution in [0.25, 0.3) is 0 Å². The van der Waals surface area contributed by atoms with Gasteiger partial charge < -0.3 is 10.8 Å². The number of nitrogens with two attached hydrogens (primary N) is 1. The van der Waals surface area contributed by atoms with Gasteiger partial charge in [-0.05, 0) is 44.7 Å². The first-order valence-electron chi connectivity index (χ1n) is 6.29. The molecular formula is C12H22N2O3. The predicted molar refractivity (Wildman–Crippen MR) is 64.4 cm³/mol. The molecule has 1 fully saturated rings. The topological polar surface area (TPSA) is 83.6 Å². The molecule has 0 aromatic carbocycles. The number of carboxylic acids is 1. The minimum absolute atomic E-state index is 0.157. The molecule has 0 saturated carbocycles. The molecule has 1 unspecified atom stereocenters. The van der Waals surface area contributed by atoms with Crippen molar-refractivity contribution in [2.24, 2.45) is 11.7 Å². The van der Waals surface area contributed by atoms with Crippen molar-refractivity contribution >= 4 is 11.9 Å². The SMILES string of the molecule is CCC(C(N)=O)N1CCC(CCC(=O)O)CC1. The maximum absolute atomic E-state index is 11.2. The lowest BCUT2D eigenvalue weighted by Crippen LogP contribution is -2.47. The third-order valence-electron chi connectivity index (χ3n) is 3.57. The molecule has 1 aliphatic rings. The highest BCUT2D eigenvalue weighted by atomic mass is 16.4. The number of aliphatic carboxylic acids is 1. The van der Waals surface area contributed by atoms with E-state index in [0.717, 1.165) is 38.8 Å². The summed E-state index contributed by atoms with van der Waals surface area (Å²) in [5.41, 5.74) is 5.35. The zero-order valence-electron chi connectivity index (χ0n) is 10.4. The predicted octanol–water partition coefficient (Wildman–Crippen LogP) is 0.827. The van der Waals surface area contributed by atoms with E-state index in [1.54, 1.807) is 0 Å². The van der Waals surface area contributed by atoms with Crippen LogP contribution < -0.4 is 5.73 Å². The van der Waals surface area contributed by atoms with Crippen molar-refractivity contribution in [3.63, 3.8) is 0 Å². The Morgan fingerprint density at radius 3 is 2.41 bits per heavy atom. The first-order chi connectivity index (χ1) is 8.04. The van der Waals surface area contributed by atoms with Gasteiger partial charge in [0.1, 0.15) is 0 Å². The minimum atomic E-state index is -0.726. The Morgan fingerprint density at radius 1 is 1.41 bits per heavy atom. The van der Waals surface area contributed by atoms with Crippen LogP contribution in [0.5, 0.6) is 0 Å². The van der Waals surface area contributed by atoms with Crippen LogP contribution >= 0.6 is 0 Å². The Hall–Kier alpha value is -1.10. The van der Waals surface area contributed by atoms with Gasteiger partial charge in [0.25, 0.3) is 0 Å². The first-order valence-corrected chi connectivity index (χ1v) is 6.29. The van der Waals surface area contributed by atoms with E-state index in [0.29, 0.717) is 5.92 Å². The number of primary amides is 1. The van der Waals surface area contributed by atoms with Crippen molar-refractivity contribution in [3.05, 3.63) is 0 Å². The standard InChI is InChI=1S/C12H22N2O3/c1-2-10(12(13)17)14-7-5-9(6-8-14)3-4-11(15)16/h9-10H,2-8H2,1H3,(H2,13,17)(H,15,16). The Labute approximate surface area is 102 Å². The molecule has 1 aliphatic heterocycles. The summed E-state index contributed by atoms with van der Waals surface area (Å²) >= 11 is 0. The van der Waals surface area contributed by atoms with E-state index in [2.05, 4.69) is 4.90 Å². The van der Waals surface area contributed by atoms with Crippen molar-refractivity contribution in [3.8, 4) is 0 Å². The van der Waals surface area contributed by atoms with Gasteiger partial charge in [-0.25, -0.2) is 0 Å². The van der Waals surface area contributed by atoms with Gasteiger partial charge in [-0.1, -0.05) is 6.92 Å². The quantitative estimate of drug-likeness (QED) is 0.722. The molecule has 1 heterocycles. The van der Waals surface area contributed by atoms with Gasteiger partial charge in [0.15, 0.2) is 0 Å². The highest BCUT2D eigenvalue weighted by molar-refractivity contribution is 5.79. The van der Waals surface area contributed by atoms with Gasteiger partial charge in [-0.2, -0.15) is 0 Å². The van der Waals surface area contributed by atoms with Crippen molar-refractivity contribution in [2.75, 3.05) is 13.1 Å². The van der Waals surface area contributed by atoms with Crippen molar-refractivity contribution in [1.29, 1.82) is 0 Å². The molecule has 5 nitrogen and oxygen atoms in total. The smallest absolute Gasteiger partial charge is 0.303 e. The lowest BCUT2D eigenvalue weighted by Gasteiger charge is -2.35. The number of hydrogen-bond acceptors (Lipinski definition) is 3. The maximum atomic E-state index is 11.2. The van der Waals surface area contributed by atoms with Crippen LogP contribution in [0, 0.1) is 5.92 Å². The third kappa shape index (κ3) is 4.34. The molecule has 3 N–H and O–H groups in total. The van der Waals surface area contributed by atoms with E-state index >= 15 is 0 Å². The fourth-order valence-electron chi connectivity index (χ4n) is 2.52. The number of hydrogen-bond donors (Lipinski definition) is 2. The summed E-state index contributed by atoms with van der Waals surface area (Å²) in [5.74, 6) is -0.500. The zero-order valence-corrected chi connectivity index (χ0v) is 10.4. The largest absolute Gasteiger partial charge is 0.481 e. The van der Waals surface area contributed by atoms with Crippen LogP contribution in [0.1, 0.15) is 39.0 Å². The molecule has 1 amide bonds. The van der Waals surface area contributed by atoms with Crippen molar-refractivity contribution in [2.45, 2.75) is 45.1 Å². The Bertz CT molecular complexity index is 273. The first kappa shape index (κ1) is 14.0. The molecular weight excluding hydrogens is 220 g/mol. The molecule has 5 heteroatoms. The summed E-state index contributed by atoms with van der Waals surface area (Å²) in [4.78, 5) is 23.8. The summed E-state index contributed by atoms with van der Waals surface area (Å²) in [6.45, 7) is 3.67. The van der Waals surface area contributed by atoms with E-state index in [4.69, 9.17) is 10.8 Å². The van der Waals surface area contributed by atoms with E-state index in [1.807, 2.05) is 6.92 Å². The van der Waals surface area contributed by atoms with Crippen molar-refractivity contribution in [1.82, 2.24) is 4.90 Å². The average Bonchev–Trinajstić information content (AvgIpc) is 2.28. The van der Waals surface area contributed by atoms with Gasteiger partial charge in [0.05, 0.1) is 6.04 Å². The average molecular weight is 242 g/mol. The summed E-state index contributed by atoms with van der Waals surface area (Å²) in [6.07, 6.45) is 3.68. The maximum Gasteiger partial charge on any atom is 0.303 e. The second kappa shape index (κ2) is 6.59. The van der Waals surface area contributed by atoms with Crippen LogP contribution in [-0.2, 0) is 9.59 Å². The highest BCUT2D eigenvalue weighted by Gasteiger charge is 2.27. The number of carboxylic acid groups (broad SMARTS) is 1. The van der Waals surface area contributed by atoms with Gasteiger partial charge in [0, 0.05) is 6.42 Å². The second-order valence-corrected chi connectivity index (χ2v) is 4.74. The zero-order chi connectivity index (χ0) is 12.8. The minimum Gasteiger partial charge on any atom is -0.481 e. The van der Waals surface area contributed by atoms with Gasteiger partial charge >= 0.3 is 5.97 Å². The summed E-state index contributed by atoms with van der Waals surface area (Å²) < 4.78 is 0. The molecule has 0 aromatic rings. The van der Waals surface area contributed by atoms with E-state index in [9.17, 15) is 9.59 Å². The second-order valence-electron chi connectivity index (χ2n) is 4.74. The van der Waals surface area contributed by atoms with Crippen LogP contribution in [0.15, 0.2) is 0 Å². The Balaban J connectivity index is 2.34. The summed E-state index contributed by atoms with van der Waals surface area (Å²) in [6, 6.07) is -0.157. The fourth-order valence-corrected chi connectivity index (χ4v) is 2.52. The molecule has 1 atom stereocenters. The number of carbonyl (C=O) groups is 2. The number of carbonyl (C=O) groups excluding carboxylic acids is 1. The molecule has 0 radical (unpaired) electrons. The lowest BCUT2D eigenvalue weighted by atomic mass is 9.91. The van der Waals surface area contributed by atoms with Gasteiger partial charge in [-0.15, -0.1) is 0 Å². The van der Waals surface area contributed by atoms with Crippen LogP contribution in [-0.4, -0.2) is 41.0 Å². The summed E-state index contributed by atoms with van der Waals surface area (Å²) in [5, 5.41) is 8.62. The van der Waals surface area contributed by atoms with Gasteiger partial charge in [0.2, 0.25) is 5.91 Å². The number of piperidine rings is 1. The normalized spacial score (nSPS) is 20.1. The van der Waals surface area contributed by atoms with Crippen molar-refractivity contribution < 1.29 is 14.7 Å². The van der Waals surface area contributed by atoms with E-state index in [-0.39, 0.29) is 18.4 Å². The highest BCUT2D eigenvalue weighted by Crippen LogP contribution is 2.23. The third-order valence-corrected chi connectivity index (χ3v) is 3.57. The van der Waals surface area contributed by atoms with E-state index < -0.39 is 5.97 Å². The molecule has 0 bridgehead atoms. The monoisotopic (exact) mass is 242 g/mol. The lowest BCUT2D eigenvalue weighted by molar-refractivity contribution is -0.137. The Kier molecular flexibility index (Phi) is 5.41. The number of rotatable bonds is 6. The fraction of sp³-hybridized carbons (Fsp3) is 0.833. The van der Waals surface area contributed by atoms with Crippen LogP contribution in [0.4, 0.5) is 0 Å². The Morgan fingerprint density at radius 2 is 2.00 bits per heavy atom. The molecule has 17 heavy (non-hydrogen) atoms. The summed E-state index contributed by atoms with van der Waals surface area (Å²) in [7, 11) is 0. The number of amides is 1. The van der Waals surface area contributed by atoms with Crippen LogP contribution in [0.3, 0.4) is 0 Å². The number of nitrogens with zero attached hydrogens (tertiary/aromatic N) is 1. The molecule has 0 spiro atoms. The van der Waals surface area contributed by atoms with E-state index in [1.165, 1.54) is 0 Å². The molecule has 0 aliphatic carbocycles. The molecule has 0 aromatic heterocycles.